The van der Waals surface area contributed by atoms with E-state index in [1.54, 1.807) is 31.3 Å². The molecule has 2 amide bonds. The molecule has 1 aliphatic rings. The number of nitrogens with one attached hydrogen (secondary N) is 1. The molecule has 0 unspecified atom stereocenters. The number of likely N-dealkylation sites (N-methyl/N-ethyl adjacent to an activating group) is 1. The summed E-state index contributed by atoms with van der Waals surface area (Å²) >= 11 is 0. The Kier molecular flexibility index (Phi) is 10.6. The maximum absolute atomic E-state index is 14.0. The normalized spacial score (nSPS) is 15.0. The number of anilines is 2. The number of halogens is 1. The van der Waals surface area contributed by atoms with Crippen LogP contribution in [0.1, 0.15) is 41.0 Å². The number of rotatable bonds is 11. The molecule has 10 heteroatoms. The third kappa shape index (κ3) is 7.43. The van der Waals surface area contributed by atoms with Gasteiger partial charge in [-0.15, -0.1) is 0 Å². The van der Waals surface area contributed by atoms with E-state index in [4.69, 9.17) is 4.74 Å². The minimum Gasteiger partial charge on any atom is -0.478 e. The SMILES string of the molecule is CCOc1ncccc1-c1ccc(N2CCN(C(=O)c3ccc(F)cc3N(C)C)C[C@H]2CC)c(C(=O)NCCN(C)C)c1. The molecule has 43 heavy (non-hydrogen) atoms. The summed E-state index contributed by atoms with van der Waals surface area (Å²) in [7, 11) is 7.54. The highest BCUT2D eigenvalue weighted by molar-refractivity contribution is 6.02. The summed E-state index contributed by atoms with van der Waals surface area (Å²) in [6, 6.07) is 14.0. The van der Waals surface area contributed by atoms with Gasteiger partial charge in [-0.25, -0.2) is 9.37 Å². The van der Waals surface area contributed by atoms with Crippen LogP contribution in [0.2, 0.25) is 0 Å². The van der Waals surface area contributed by atoms with Crippen molar-refractivity contribution in [3.05, 3.63) is 71.7 Å². The van der Waals surface area contributed by atoms with E-state index in [0.717, 1.165) is 23.2 Å². The zero-order chi connectivity index (χ0) is 31.1. The van der Waals surface area contributed by atoms with Gasteiger partial charge in [0.05, 0.1) is 23.4 Å². The first kappa shape index (κ1) is 31.7. The van der Waals surface area contributed by atoms with Crippen LogP contribution in [0.15, 0.2) is 54.7 Å². The van der Waals surface area contributed by atoms with Crippen LogP contribution in [0.25, 0.3) is 11.1 Å². The topological polar surface area (TPSA) is 81.2 Å². The molecule has 1 aliphatic heterocycles. The fourth-order valence-corrected chi connectivity index (χ4v) is 5.42. The molecule has 1 saturated heterocycles. The van der Waals surface area contributed by atoms with Crippen LogP contribution in [0.4, 0.5) is 15.8 Å². The molecule has 230 valence electrons. The van der Waals surface area contributed by atoms with Gasteiger partial charge in [0.25, 0.3) is 11.8 Å². The largest absolute Gasteiger partial charge is 0.478 e. The van der Waals surface area contributed by atoms with Crippen LogP contribution in [0, 0.1) is 5.82 Å². The van der Waals surface area contributed by atoms with Crippen LogP contribution in [0.3, 0.4) is 0 Å². The molecule has 0 bridgehead atoms. The monoisotopic (exact) mass is 590 g/mol. The zero-order valence-corrected chi connectivity index (χ0v) is 26.1. The first-order chi connectivity index (χ1) is 20.6. The molecule has 2 aromatic carbocycles. The summed E-state index contributed by atoms with van der Waals surface area (Å²) in [5.41, 5.74) is 4.07. The first-order valence-electron chi connectivity index (χ1n) is 14.8. The average molecular weight is 591 g/mol. The van der Waals surface area contributed by atoms with Crippen LogP contribution in [-0.2, 0) is 0 Å². The molecule has 4 rings (SSSR count). The number of ether oxygens (including phenoxy) is 1. The zero-order valence-electron chi connectivity index (χ0n) is 26.1. The second-order valence-electron chi connectivity index (χ2n) is 11.1. The Morgan fingerprint density at radius 1 is 1.05 bits per heavy atom. The Labute approximate surface area is 254 Å². The smallest absolute Gasteiger partial charge is 0.256 e. The number of hydrogen-bond donors (Lipinski definition) is 1. The molecule has 2 heterocycles. The molecule has 1 fully saturated rings. The van der Waals surface area contributed by atoms with Crippen molar-refractivity contribution in [3.8, 4) is 17.0 Å². The quantitative estimate of drug-likeness (QED) is 0.355. The number of hydrogen-bond acceptors (Lipinski definition) is 7. The van der Waals surface area contributed by atoms with E-state index in [1.165, 1.54) is 12.1 Å². The summed E-state index contributed by atoms with van der Waals surface area (Å²) in [5, 5.41) is 3.08. The number of carbonyl (C=O) groups excluding carboxylic acids is 2. The third-order valence-corrected chi connectivity index (χ3v) is 7.67. The number of pyridine rings is 1. The first-order valence-corrected chi connectivity index (χ1v) is 14.8. The van der Waals surface area contributed by atoms with Crippen molar-refractivity contribution in [1.29, 1.82) is 0 Å². The third-order valence-electron chi connectivity index (χ3n) is 7.67. The highest BCUT2D eigenvalue weighted by Gasteiger charge is 2.32. The molecule has 0 aliphatic carbocycles. The standard InChI is InChI=1S/C33H43FN6O3/c1-7-25-22-39(33(42)27-13-12-24(34)21-30(27)38(5)6)18-19-40(25)29-14-11-23(26-10-9-15-36-32(26)43-8-2)20-28(29)31(41)35-16-17-37(3)4/h9-15,20-21,25H,7-8,16-19,22H2,1-6H3,(H,35,41)/t25-/m1/s1. The molecule has 0 saturated carbocycles. The van der Waals surface area contributed by atoms with Crippen molar-refractivity contribution in [2.24, 2.45) is 0 Å². The maximum Gasteiger partial charge on any atom is 0.256 e. The van der Waals surface area contributed by atoms with Crippen LogP contribution in [-0.4, -0.2) is 100 Å². The minimum absolute atomic E-state index is 0.0162. The average Bonchev–Trinajstić information content (AvgIpc) is 3.00. The van der Waals surface area contributed by atoms with Gasteiger partial charge in [0, 0.05) is 70.3 Å². The summed E-state index contributed by atoms with van der Waals surface area (Å²) < 4.78 is 19.8. The van der Waals surface area contributed by atoms with Gasteiger partial charge in [-0.3, -0.25) is 9.59 Å². The van der Waals surface area contributed by atoms with Crippen LogP contribution < -0.4 is 19.9 Å². The molecule has 0 radical (unpaired) electrons. The van der Waals surface area contributed by atoms with Gasteiger partial charge >= 0.3 is 0 Å². The number of aromatic nitrogens is 1. The molecule has 3 aromatic rings. The number of piperazine rings is 1. The highest BCUT2D eigenvalue weighted by Crippen LogP contribution is 2.34. The lowest BCUT2D eigenvalue weighted by molar-refractivity contribution is 0.0720. The lowest BCUT2D eigenvalue weighted by Gasteiger charge is -2.43. The fraction of sp³-hybridized carbons (Fsp3) is 0.424. The van der Waals surface area contributed by atoms with E-state index in [2.05, 4.69) is 22.1 Å². The molecule has 1 atom stereocenters. The van der Waals surface area contributed by atoms with E-state index >= 15 is 0 Å². The van der Waals surface area contributed by atoms with Gasteiger partial charge in [0.2, 0.25) is 5.88 Å². The number of amides is 2. The lowest BCUT2D eigenvalue weighted by Crippen LogP contribution is -2.55. The molecular formula is C33H43FN6O3. The molecule has 0 spiro atoms. The predicted molar refractivity (Wildman–Crippen MR) is 170 cm³/mol. The van der Waals surface area contributed by atoms with Crippen molar-refractivity contribution in [2.45, 2.75) is 26.3 Å². The van der Waals surface area contributed by atoms with Gasteiger partial charge in [0.1, 0.15) is 5.82 Å². The van der Waals surface area contributed by atoms with Gasteiger partial charge in [-0.2, -0.15) is 0 Å². The summed E-state index contributed by atoms with van der Waals surface area (Å²) in [6.07, 6.45) is 2.46. The lowest BCUT2D eigenvalue weighted by atomic mass is 9.99. The van der Waals surface area contributed by atoms with Crippen molar-refractivity contribution in [3.63, 3.8) is 0 Å². The Bertz CT molecular complexity index is 1430. The van der Waals surface area contributed by atoms with E-state index in [-0.39, 0.29) is 23.7 Å². The Hall–Kier alpha value is -4.18. The molecule has 9 nitrogen and oxygen atoms in total. The second-order valence-corrected chi connectivity index (χ2v) is 11.1. The van der Waals surface area contributed by atoms with Crippen LogP contribution >= 0.6 is 0 Å². The van der Waals surface area contributed by atoms with Crippen molar-refractivity contribution in [2.75, 3.05) is 77.3 Å². The van der Waals surface area contributed by atoms with E-state index in [0.29, 0.717) is 62.0 Å². The summed E-state index contributed by atoms with van der Waals surface area (Å²) in [4.78, 5) is 39.6. The Balaban J connectivity index is 1.66. The van der Waals surface area contributed by atoms with Crippen molar-refractivity contribution < 1.29 is 18.7 Å². The van der Waals surface area contributed by atoms with Crippen molar-refractivity contribution >= 4 is 23.2 Å². The molecule has 1 aromatic heterocycles. The van der Waals surface area contributed by atoms with Crippen LogP contribution in [0.5, 0.6) is 5.88 Å². The van der Waals surface area contributed by atoms with Gasteiger partial charge < -0.3 is 29.7 Å². The molecular weight excluding hydrogens is 547 g/mol. The van der Waals surface area contributed by atoms with Gasteiger partial charge in [0.15, 0.2) is 0 Å². The minimum atomic E-state index is -0.379. The highest BCUT2D eigenvalue weighted by atomic mass is 19.1. The molecule has 1 N–H and O–H groups in total. The second kappa shape index (κ2) is 14.3. The van der Waals surface area contributed by atoms with Crippen molar-refractivity contribution in [1.82, 2.24) is 20.1 Å². The van der Waals surface area contributed by atoms with Gasteiger partial charge in [-0.05, 0) is 75.5 Å². The van der Waals surface area contributed by atoms with E-state index in [9.17, 15) is 14.0 Å². The summed E-state index contributed by atoms with van der Waals surface area (Å²) in [5.74, 6) is -0.140. The number of nitrogens with zero attached hydrogens (tertiary/aromatic N) is 5. The Morgan fingerprint density at radius 2 is 1.84 bits per heavy atom. The number of benzene rings is 2. The summed E-state index contributed by atoms with van der Waals surface area (Å²) in [6.45, 7) is 7.22. The predicted octanol–water partition coefficient (Wildman–Crippen LogP) is 4.38. The maximum atomic E-state index is 14.0. The van der Waals surface area contributed by atoms with Gasteiger partial charge in [-0.1, -0.05) is 13.0 Å². The Morgan fingerprint density at radius 3 is 2.53 bits per heavy atom. The number of carbonyl (C=O) groups is 2. The van der Waals surface area contributed by atoms with E-state index in [1.807, 2.05) is 61.2 Å². The fourth-order valence-electron chi connectivity index (χ4n) is 5.42. The van der Waals surface area contributed by atoms with E-state index < -0.39 is 0 Å².